The standard InChI is InChI=1S/C21H15ClN4O2S/c1-12-10-18-23-24-21(26(18)17-7-6-13(22)11-16(12)17)29-9-8-25-19(27)14-4-2-3-5-15(14)20(25)28/h2-7,10-11H,8-9H2,1H3. The van der Waals surface area contributed by atoms with Gasteiger partial charge in [0.1, 0.15) is 0 Å². The van der Waals surface area contributed by atoms with Crippen LogP contribution in [0.3, 0.4) is 0 Å². The van der Waals surface area contributed by atoms with Crippen LogP contribution in [0.2, 0.25) is 5.02 Å². The Hall–Kier alpha value is -2.90. The maximum atomic E-state index is 12.5. The van der Waals surface area contributed by atoms with Gasteiger partial charge in [-0.2, -0.15) is 0 Å². The third-order valence-corrected chi connectivity index (χ3v) is 6.20. The van der Waals surface area contributed by atoms with Gasteiger partial charge in [0, 0.05) is 22.7 Å². The lowest BCUT2D eigenvalue weighted by Gasteiger charge is -2.13. The van der Waals surface area contributed by atoms with Crippen LogP contribution in [0, 0.1) is 6.92 Å². The Kier molecular flexibility index (Phi) is 4.29. The first-order valence-electron chi connectivity index (χ1n) is 9.06. The lowest BCUT2D eigenvalue weighted by Crippen LogP contribution is -2.31. The highest BCUT2D eigenvalue weighted by Gasteiger charge is 2.34. The minimum Gasteiger partial charge on any atom is -0.273 e. The van der Waals surface area contributed by atoms with Gasteiger partial charge in [-0.3, -0.25) is 18.9 Å². The molecule has 0 atom stereocenters. The van der Waals surface area contributed by atoms with Gasteiger partial charge in [-0.15, -0.1) is 10.2 Å². The molecular weight excluding hydrogens is 408 g/mol. The van der Waals surface area contributed by atoms with Crippen molar-refractivity contribution in [2.75, 3.05) is 12.3 Å². The summed E-state index contributed by atoms with van der Waals surface area (Å²) < 4.78 is 1.98. The number of fused-ring (bicyclic) bond motifs is 4. The zero-order chi connectivity index (χ0) is 20.1. The number of halogens is 1. The molecule has 0 aliphatic carbocycles. The first kappa shape index (κ1) is 18.1. The second kappa shape index (κ2) is 6.86. The van der Waals surface area contributed by atoms with E-state index in [1.807, 2.05) is 35.6 Å². The van der Waals surface area contributed by atoms with E-state index in [2.05, 4.69) is 10.2 Å². The number of rotatable bonds is 4. The van der Waals surface area contributed by atoms with Gasteiger partial charge in [-0.1, -0.05) is 35.5 Å². The summed E-state index contributed by atoms with van der Waals surface area (Å²) in [5, 5.41) is 11.0. The van der Waals surface area contributed by atoms with Gasteiger partial charge < -0.3 is 0 Å². The third-order valence-electron chi connectivity index (χ3n) is 5.05. The monoisotopic (exact) mass is 422 g/mol. The summed E-state index contributed by atoms with van der Waals surface area (Å²) in [4.78, 5) is 26.3. The number of carbonyl (C=O) groups is 2. The fraction of sp³-hybridized carbons (Fsp3) is 0.143. The number of aromatic nitrogens is 3. The Bertz CT molecular complexity index is 1280. The molecule has 0 fully saturated rings. The van der Waals surface area contributed by atoms with Crippen molar-refractivity contribution in [2.45, 2.75) is 12.1 Å². The van der Waals surface area contributed by atoms with Crippen molar-refractivity contribution in [1.82, 2.24) is 19.5 Å². The van der Waals surface area contributed by atoms with E-state index < -0.39 is 0 Å². The van der Waals surface area contributed by atoms with Crippen LogP contribution in [0.1, 0.15) is 26.3 Å². The predicted molar refractivity (Wildman–Crippen MR) is 113 cm³/mol. The quantitative estimate of drug-likeness (QED) is 0.363. The van der Waals surface area contributed by atoms with E-state index in [4.69, 9.17) is 11.6 Å². The Morgan fingerprint density at radius 2 is 1.72 bits per heavy atom. The molecule has 0 saturated carbocycles. The Labute approximate surface area is 175 Å². The molecule has 0 radical (unpaired) electrons. The first-order valence-corrected chi connectivity index (χ1v) is 10.4. The van der Waals surface area contributed by atoms with Crippen LogP contribution in [0.25, 0.3) is 16.6 Å². The molecule has 0 bridgehead atoms. The van der Waals surface area contributed by atoms with Gasteiger partial charge in [0.05, 0.1) is 16.6 Å². The van der Waals surface area contributed by atoms with Crippen LogP contribution in [-0.4, -0.2) is 43.6 Å². The lowest BCUT2D eigenvalue weighted by atomic mass is 10.1. The molecule has 5 rings (SSSR count). The zero-order valence-electron chi connectivity index (χ0n) is 15.4. The van der Waals surface area contributed by atoms with Crippen LogP contribution in [0.4, 0.5) is 0 Å². The van der Waals surface area contributed by atoms with E-state index in [1.54, 1.807) is 24.3 Å². The summed E-state index contributed by atoms with van der Waals surface area (Å²) in [5.74, 6) is 0.0379. The van der Waals surface area contributed by atoms with Crippen molar-refractivity contribution < 1.29 is 9.59 Å². The summed E-state index contributed by atoms with van der Waals surface area (Å²) in [5.41, 5.74) is 3.73. The van der Waals surface area contributed by atoms with Gasteiger partial charge in [-0.05, 0) is 48.9 Å². The molecule has 29 heavy (non-hydrogen) atoms. The highest BCUT2D eigenvalue weighted by molar-refractivity contribution is 7.99. The fourth-order valence-corrected chi connectivity index (χ4v) is 4.70. The number of hydrogen-bond acceptors (Lipinski definition) is 5. The van der Waals surface area contributed by atoms with Gasteiger partial charge in [0.25, 0.3) is 11.8 Å². The van der Waals surface area contributed by atoms with E-state index in [0.717, 1.165) is 22.1 Å². The zero-order valence-corrected chi connectivity index (χ0v) is 17.0. The Morgan fingerprint density at radius 1 is 1.00 bits per heavy atom. The van der Waals surface area contributed by atoms with Crippen LogP contribution in [-0.2, 0) is 0 Å². The number of nitrogens with zero attached hydrogens (tertiary/aromatic N) is 4. The van der Waals surface area contributed by atoms with E-state index in [-0.39, 0.29) is 11.8 Å². The predicted octanol–water partition coefficient (Wildman–Crippen LogP) is 4.23. The number of amides is 2. The van der Waals surface area contributed by atoms with Crippen LogP contribution in [0.15, 0.2) is 53.7 Å². The van der Waals surface area contributed by atoms with E-state index in [1.165, 1.54) is 16.7 Å². The highest BCUT2D eigenvalue weighted by Crippen LogP contribution is 2.28. The van der Waals surface area contributed by atoms with Crippen molar-refractivity contribution in [3.63, 3.8) is 0 Å². The number of benzene rings is 2. The molecular formula is C21H15ClN4O2S. The Morgan fingerprint density at radius 3 is 2.45 bits per heavy atom. The van der Waals surface area contributed by atoms with Crippen molar-refractivity contribution >= 4 is 51.7 Å². The summed E-state index contributed by atoms with van der Waals surface area (Å²) in [6.45, 7) is 2.32. The Balaban J connectivity index is 1.41. The normalized spacial score (nSPS) is 13.7. The summed E-state index contributed by atoms with van der Waals surface area (Å²) >= 11 is 7.62. The molecule has 6 nitrogen and oxygen atoms in total. The number of imide groups is 1. The minimum atomic E-state index is -0.243. The van der Waals surface area contributed by atoms with Crippen molar-refractivity contribution in [3.8, 4) is 0 Å². The molecule has 0 saturated heterocycles. The summed E-state index contributed by atoms with van der Waals surface area (Å²) in [7, 11) is 0. The summed E-state index contributed by atoms with van der Waals surface area (Å²) in [6, 6.07) is 14.6. The maximum Gasteiger partial charge on any atom is 0.261 e. The molecule has 4 aromatic rings. The number of aryl methyl sites for hydroxylation is 1. The lowest BCUT2D eigenvalue weighted by molar-refractivity contribution is 0.0664. The third kappa shape index (κ3) is 2.89. The molecule has 3 heterocycles. The number of thioether (sulfide) groups is 1. The number of hydrogen-bond donors (Lipinski definition) is 0. The van der Waals surface area contributed by atoms with Crippen molar-refractivity contribution in [2.24, 2.45) is 0 Å². The average Bonchev–Trinajstić information content (AvgIpc) is 3.23. The number of carbonyl (C=O) groups excluding carboxylic acids is 2. The van der Waals surface area contributed by atoms with E-state index in [9.17, 15) is 9.59 Å². The molecule has 2 aromatic heterocycles. The highest BCUT2D eigenvalue weighted by atomic mass is 35.5. The number of pyridine rings is 1. The molecule has 2 amide bonds. The van der Waals surface area contributed by atoms with Crippen molar-refractivity contribution in [1.29, 1.82) is 0 Å². The van der Waals surface area contributed by atoms with Gasteiger partial charge in [0.15, 0.2) is 10.8 Å². The van der Waals surface area contributed by atoms with Crippen molar-refractivity contribution in [3.05, 3.63) is 70.2 Å². The molecule has 144 valence electrons. The topological polar surface area (TPSA) is 67.6 Å². The van der Waals surface area contributed by atoms with Crippen LogP contribution < -0.4 is 0 Å². The second-order valence-electron chi connectivity index (χ2n) is 6.82. The largest absolute Gasteiger partial charge is 0.273 e. The SMILES string of the molecule is Cc1cc2nnc(SCCN3C(=O)c4ccccc4C3=O)n2c2ccc(Cl)cc12. The maximum absolute atomic E-state index is 12.5. The molecule has 1 aliphatic heterocycles. The smallest absolute Gasteiger partial charge is 0.261 e. The molecule has 1 aliphatic rings. The molecule has 0 N–H and O–H groups in total. The van der Waals surface area contributed by atoms with E-state index >= 15 is 0 Å². The van der Waals surface area contributed by atoms with Gasteiger partial charge in [-0.25, -0.2) is 0 Å². The van der Waals surface area contributed by atoms with E-state index in [0.29, 0.717) is 33.6 Å². The molecule has 2 aromatic carbocycles. The van der Waals surface area contributed by atoms with Gasteiger partial charge in [0.2, 0.25) is 0 Å². The minimum absolute atomic E-state index is 0.243. The molecule has 8 heteroatoms. The van der Waals surface area contributed by atoms with Gasteiger partial charge >= 0.3 is 0 Å². The second-order valence-corrected chi connectivity index (χ2v) is 8.32. The average molecular weight is 423 g/mol. The van der Waals surface area contributed by atoms with Crippen LogP contribution >= 0.6 is 23.4 Å². The summed E-state index contributed by atoms with van der Waals surface area (Å²) in [6.07, 6.45) is 0. The molecule has 0 unspecified atom stereocenters. The molecule has 0 spiro atoms. The van der Waals surface area contributed by atoms with Crippen LogP contribution in [0.5, 0.6) is 0 Å². The fourth-order valence-electron chi connectivity index (χ4n) is 3.66. The first-order chi connectivity index (χ1) is 14.0.